The van der Waals surface area contributed by atoms with Crippen LogP contribution in [0.2, 0.25) is 5.02 Å². The summed E-state index contributed by atoms with van der Waals surface area (Å²) in [7, 11) is 2.20. The lowest BCUT2D eigenvalue weighted by Crippen LogP contribution is -2.34. The summed E-state index contributed by atoms with van der Waals surface area (Å²) in [6, 6.07) is 6.43. The smallest absolute Gasteiger partial charge is 0.0410 e. The maximum atomic E-state index is 6.03. The molecule has 1 fully saturated rings. The molecule has 1 saturated carbocycles. The molecule has 2 rings (SSSR count). The van der Waals surface area contributed by atoms with Crippen molar-refractivity contribution in [2.24, 2.45) is 5.92 Å². The number of nitrogens with zero attached hydrogens (tertiary/aromatic N) is 1. The van der Waals surface area contributed by atoms with E-state index in [0.29, 0.717) is 6.04 Å². The minimum atomic E-state index is 0.694. The topological polar surface area (TPSA) is 29.3 Å². The zero-order valence-corrected chi connectivity index (χ0v) is 12.1. The predicted octanol–water partition coefficient (Wildman–Crippen LogP) is 3.93. The fraction of sp³-hybridized carbons (Fsp3) is 0.600. The molecule has 1 aliphatic carbocycles. The van der Waals surface area contributed by atoms with Crippen LogP contribution in [0.15, 0.2) is 18.2 Å². The SMILES string of the molecule is CC1CCC(N(C)Cc2cc(Cl)ccc2N)CC1. The van der Waals surface area contributed by atoms with Gasteiger partial charge in [0.05, 0.1) is 0 Å². The second-order valence-electron chi connectivity index (χ2n) is 5.67. The number of anilines is 1. The quantitative estimate of drug-likeness (QED) is 0.840. The monoisotopic (exact) mass is 266 g/mol. The molecule has 0 aromatic heterocycles. The number of rotatable bonds is 3. The Morgan fingerprint density at radius 1 is 1.28 bits per heavy atom. The van der Waals surface area contributed by atoms with Crippen molar-refractivity contribution in [1.29, 1.82) is 0 Å². The van der Waals surface area contributed by atoms with Crippen LogP contribution in [0.5, 0.6) is 0 Å². The summed E-state index contributed by atoms with van der Waals surface area (Å²) >= 11 is 6.03. The molecule has 1 aromatic rings. The summed E-state index contributed by atoms with van der Waals surface area (Å²) in [5.74, 6) is 0.894. The van der Waals surface area contributed by atoms with E-state index in [4.69, 9.17) is 17.3 Å². The first-order chi connectivity index (χ1) is 8.56. The van der Waals surface area contributed by atoms with E-state index in [1.54, 1.807) is 0 Å². The largest absolute Gasteiger partial charge is 0.398 e. The van der Waals surface area contributed by atoms with E-state index >= 15 is 0 Å². The lowest BCUT2D eigenvalue weighted by molar-refractivity contribution is 0.164. The van der Waals surface area contributed by atoms with Gasteiger partial charge in [0.2, 0.25) is 0 Å². The highest BCUT2D eigenvalue weighted by Crippen LogP contribution is 2.28. The Morgan fingerprint density at radius 3 is 2.61 bits per heavy atom. The van der Waals surface area contributed by atoms with Crippen molar-refractivity contribution in [3.8, 4) is 0 Å². The van der Waals surface area contributed by atoms with Crippen molar-refractivity contribution in [2.45, 2.75) is 45.2 Å². The highest BCUT2D eigenvalue weighted by molar-refractivity contribution is 6.30. The predicted molar refractivity (Wildman–Crippen MR) is 78.8 cm³/mol. The summed E-state index contributed by atoms with van der Waals surface area (Å²) in [6.07, 6.45) is 5.30. The van der Waals surface area contributed by atoms with Crippen molar-refractivity contribution < 1.29 is 0 Å². The lowest BCUT2D eigenvalue weighted by Gasteiger charge is -2.33. The maximum absolute atomic E-state index is 6.03. The van der Waals surface area contributed by atoms with Gasteiger partial charge in [-0.25, -0.2) is 0 Å². The average Bonchev–Trinajstić information content (AvgIpc) is 2.34. The lowest BCUT2D eigenvalue weighted by atomic mass is 9.86. The second-order valence-corrected chi connectivity index (χ2v) is 6.11. The van der Waals surface area contributed by atoms with Gasteiger partial charge < -0.3 is 5.73 Å². The van der Waals surface area contributed by atoms with Crippen LogP contribution in [0.4, 0.5) is 5.69 Å². The summed E-state index contributed by atoms with van der Waals surface area (Å²) < 4.78 is 0. The minimum absolute atomic E-state index is 0.694. The van der Waals surface area contributed by atoms with Crippen LogP contribution < -0.4 is 5.73 Å². The average molecular weight is 267 g/mol. The summed E-state index contributed by atoms with van der Waals surface area (Å²) in [5.41, 5.74) is 7.99. The molecule has 1 aliphatic rings. The van der Waals surface area contributed by atoms with Crippen LogP contribution in [-0.4, -0.2) is 18.0 Å². The Bertz CT molecular complexity index is 397. The minimum Gasteiger partial charge on any atom is -0.398 e. The zero-order chi connectivity index (χ0) is 13.1. The number of benzene rings is 1. The van der Waals surface area contributed by atoms with Crippen LogP contribution in [0.25, 0.3) is 0 Å². The first-order valence-electron chi connectivity index (χ1n) is 6.80. The number of hydrogen-bond donors (Lipinski definition) is 1. The molecular weight excluding hydrogens is 244 g/mol. The number of halogens is 1. The van der Waals surface area contributed by atoms with Crippen molar-refractivity contribution in [3.63, 3.8) is 0 Å². The van der Waals surface area contributed by atoms with E-state index < -0.39 is 0 Å². The number of hydrogen-bond acceptors (Lipinski definition) is 2. The van der Waals surface area contributed by atoms with E-state index in [-0.39, 0.29) is 0 Å². The van der Waals surface area contributed by atoms with Gasteiger partial charge in [0.25, 0.3) is 0 Å². The van der Waals surface area contributed by atoms with E-state index in [9.17, 15) is 0 Å². The molecule has 100 valence electrons. The Labute approximate surface area is 115 Å². The van der Waals surface area contributed by atoms with Gasteiger partial charge in [-0.1, -0.05) is 18.5 Å². The molecule has 1 aromatic carbocycles. The van der Waals surface area contributed by atoms with E-state index in [1.807, 2.05) is 18.2 Å². The molecule has 0 aliphatic heterocycles. The summed E-state index contributed by atoms with van der Waals surface area (Å²) in [5, 5.41) is 0.768. The molecule has 0 saturated heterocycles. The maximum Gasteiger partial charge on any atom is 0.0410 e. The van der Waals surface area contributed by atoms with Gasteiger partial charge in [-0.05, 0) is 62.4 Å². The van der Waals surface area contributed by atoms with E-state index in [2.05, 4.69) is 18.9 Å². The van der Waals surface area contributed by atoms with Gasteiger partial charge in [0.15, 0.2) is 0 Å². The van der Waals surface area contributed by atoms with Crippen LogP contribution in [0.3, 0.4) is 0 Å². The Kier molecular flexibility index (Phi) is 4.52. The molecule has 0 bridgehead atoms. The molecule has 2 nitrogen and oxygen atoms in total. The van der Waals surface area contributed by atoms with Crippen molar-refractivity contribution in [1.82, 2.24) is 4.90 Å². The summed E-state index contributed by atoms with van der Waals surface area (Å²) in [4.78, 5) is 2.42. The van der Waals surface area contributed by atoms with Crippen molar-refractivity contribution in [2.75, 3.05) is 12.8 Å². The first-order valence-corrected chi connectivity index (χ1v) is 7.18. The van der Waals surface area contributed by atoms with Crippen molar-refractivity contribution >= 4 is 17.3 Å². The fourth-order valence-electron chi connectivity index (χ4n) is 2.79. The first kappa shape index (κ1) is 13.7. The molecule has 0 heterocycles. The fourth-order valence-corrected chi connectivity index (χ4v) is 2.99. The molecule has 0 unspecified atom stereocenters. The van der Waals surface area contributed by atoms with Gasteiger partial charge >= 0.3 is 0 Å². The standard InChI is InChI=1S/C15H23ClN2/c1-11-3-6-14(7-4-11)18(2)10-12-9-13(16)5-8-15(12)17/h5,8-9,11,14H,3-4,6-7,10,17H2,1-2H3. The molecule has 2 N–H and O–H groups in total. The van der Waals surface area contributed by atoms with Gasteiger partial charge in [-0.3, -0.25) is 4.90 Å². The third kappa shape index (κ3) is 3.39. The highest BCUT2D eigenvalue weighted by atomic mass is 35.5. The second kappa shape index (κ2) is 5.94. The molecule has 3 heteroatoms. The van der Waals surface area contributed by atoms with E-state index in [1.165, 1.54) is 25.7 Å². The van der Waals surface area contributed by atoms with Crippen molar-refractivity contribution in [3.05, 3.63) is 28.8 Å². The third-order valence-electron chi connectivity index (χ3n) is 4.13. The van der Waals surface area contributed by atoms with Gasteiger partial charge in [-0.2, -0.15) is 0 Å². The third-order valence-corrected chi connectivity index (χ3v) is 4.37. The van der Waals surface area contributed by atoms with E-state index in [0.717, 1.165) is 28.7 Å². The zero-order valence-electron chi connectivity index (χ0n) is 11.3. The molecule has 18 heavy (non-hydrogen) atoms. The van der Waals surface area contributed by atoms with Gasteiger partial charge in [-0.15, -0.1) is 0 Å². The van der Waals surface area contributed by atoms with Crippen LogP contribution in [0.1, 0.15) is 38.2 Å². The molecule has 0 spiro atoms. The normalized spacial score (nSPS) is 24.4. The Morgan fingerprint density at radius 2 is 1.94 bits per heavy atom. The molecule has 0 atom stereocenters. The molecule has 0 amide bonds. The Balaban J connectivity index is 1.98. The van der Waals surface area contributed by atoms with Gasteiger partial charge in [0.1, 0.15) is 0 Å². The van der Waals surface area contributed by atoms with Crippen LogP contribution >= 0.6 is 11.6 Å². The number of nitrogen functional groups attached to an aromatic ring is 1. The van der Waals surface area contributed by atoms with Crippen LogP contribution in [0, 0.1) is 5.92 Å². The van der Waals surface area contributed by atoms with Crippen LogP contribution in [-0.2, 0) is 6.54 Å². The van der Waals surface area contributed by atoms with Gasteiger partial charge in [0, 0.05) is 23.3 Å². The Hall–Kier alpha value is -0.730. The highest BCUT2D eigenvalue weighted by Gasteiger charge is 2.21. The molecule has 0 radical (unpaired) electrons. The summed E-state index contributed by atoms with van der Waals surface area (Å²) in [6.45, 7) is 3.25. The molecular formula is C15H23ClN2. The number of nitrogens with two attached hydrogens (primary N) is 1.